The molecule has 0 saturated heterocycles. The van der Waals surface area contributed by atoms with Gasteiger partial charge in [0, 0.05) is 5.02 Å². The van der Waals surface area contributed by atoms with Crippen molar-refractivity contribution in [2.24, 2.45) is 0 Å². The van der Waals surface area contributed by atoms with Crippen molar-refractivity contribution in [2.45, 2.75) is 45.8 Å². The van der Waals surface area contributed by atoms with E-state index in [2.05, 4.69) is 44.8 Å². The van der Waals surface area contributed by atoms with Crippen LogP contribution < -0.4 is 0 Å². The van der Waals surface area contributed by atoms with E-state index in [0.29, 0.717) is 0 Å². The summed E-state index contributed by atoms with van der Waals surface area (Å²) in [7, 11) is -1.28. The third-order valence-corrected chi connectivity index (χ3v) is 5.23. The third kappa shape index (κ3) is 4.69. The molecule has 0 atom stereocenters. The molecule has 0 aliphatic rings. The van der Waals surface area contributed by atoms with E-state index in [1.165, 1.54) is 24.8 Å². The van der Waals surface area contributed by atoms with Crippen molar-refractivity contribution in [3.05, 3.63) is 40.9 Å². The van der Waals surface area contributed by atoms with Gasteiger partial charge in [0.15, 0.2) is 0 Å². The Kier molecular flexibility index (Phi) is 5.48. The van der Waals surface area contributed by atoms with Crippen LogP contribution in [0, 0.1) is 0 Å². The van der Waals surface area contributed by atoms with Gasteiger partial charge < -0.3 is 0 Å². The number of halogens is 1. The molecule has 0 N–H and O–H groups in total. The first kappa shape index (κ1) is 14.5. The van der Waals surface area contributed by atoms with Gasteiger partial charge in [0.25, 0.3) is 0 Å². The molecule has 0 amide bonds. The van der Waals surface area contributed by atoms with Gasteiger partial charge in [-0.3, -0.25) is 0 Å². The molecule has 2 heteroatoms. The summed E-state index contributed by atoms with van der Waals surface area (Å²) in [6.45, 7) is 9.45. The van der Waals surface area contributed by atoms with Crippen molar-refractivity contribution in [1.29, 1.82) is 0 Å². The number of hydrogen-bond donors (Lipinski definition) is 0. The predicted octanol–water partition coefficient (Wildman–Crippen LogP) is 5.79. The van der Waals surface area contributed by atoms with E-state index < -0.39 is 8.07 Å². The lowest BCUT2D eigenvalue weighted by Gasteiger charge is -2.22. The zero-order chi connectivity index (χ0) is 12.9. The Morgan fingerprint density at radius 3 is 2.24 bits per heavy atom. The normalized spacial score (nSPS) is 12.9. The fourth-order valence-electron chi connectivity index (χ4n) is 1.94. The lowest BCUT2D eigenvalue weighted by Crippen LogP contribution is -2.22. The van der Waals surface area contributed by atoms with Crippen LogP contribution in [0.5, 0.6) is 0 Å². The average molecular weight is 267 g/mol. The smallest absolute Gasteiger partial charge is 0.0779 e. The second-order valence-electron chi connectivity index (χ2n) is 5.52. The molecule has 0 saturated carbocycles. The zero-order valence-electron chi connectivity index (χ0n) is 11.4. The molecule has 0 unspecified atom stereocenters. The first-order chi connectivity index (χ1) is 7.95. The average Bonchev–Trinajstić information content (AvgIpc) is 2.25. The van der Waals surface area contributed by atoms with E-state index in [-0.39, 0.29) is 0 Å². The first-order valence-electron chi connectivity index (χ1n) is 6.41. The number of allylic oxidation sites excluding steroid dienone is 1. The maximum atomic E-state index is 5.95. The maximum Gasteiger partial charge on any atom is 0.0779 e. The van der Waals surface area contributed by atoms with Crippen LogP contribution in [0.4, 0.5) is 0 Å². The van der Waals surface area contributed by atoms with Crippen LogP contribution >= 0.6 is 11.6 Å². The zero-order valence-corrected chi connectivity index (χ0v) is 13.1. The van der Waals surface area contributed by atoms with Gasteiger partial charge in [-0.05, 0) is 24.1 Å². The highest BCUT2D eigenvalue weighted by atomic mass is 35.5. The molecule has 94 valence electrons. The van der Waals surface area contributed by atoms with E-state index in [1.54, 1.807) is 5.20 Å². The highest BCUT2D eigenvalue weighted by Gasteiger charge is 2.20. The first-order valence-corrected chi connectivity index (χ1v) is 10.3. The molecule has 0 heterocycles. The van der Waals surface area contributed by atoms with Crippen LogP contribution in [-0.2, 0) is 0 Å². The van der Waals surface area contributed by atoms with E-state index in [4.69, 9.17) is 11.6 Å². The standard InChI is InChI=1S/C15H23ClSi/c1-5-6-7-8-15(17(2,3)4)13-9-11-14(16)12-10-13/h8-12H,5-7H2,1-4H3/b15-8-. The summed E-state index contributed by atoms with van der Waals surface area (Å²) >= 11 is 5.95. The Balaban J connectivity index is 2.98. The van der Waals surface area contributed by atoms with E-state index in [1.807, 2.05) is 12.1 Å². The topological polar surface area (TPSA) is 0 Å². The highest BCUT2D eigenvalue weighted by Crippen LogP contribution is 2.27. The van der Waals surface area contributed by atoms with Gasteiger partial charge in [-0.15, -0.1) is 0 Å². The molecule has 1 aromatic carbocycles. The van der Waals surface area contributed by atoms with Gasteiger partial charge in [-0.1, -0.05) is 74.4 Å². The summed E-state index contributed by atoms with van der Waals surface area (Å²) < 4.78 is 0. The molecule has 0 aliphatic carbocycles. The molecule has 0 radical (unpaired) electrons. The highest BCUT2D eigenvalue weighted by molar-refractivity contribution is 6.93. The van der Waals surface area contributed by atoms with Crippen molar-refractivity contribution >= 4 is 24.9 Å². The van der Waals surface area contributed by atoms with Gasteiger partial charge in [0.2, 0.25) is 0 Å². The molecule has 0 nitrogen and oxygen atoms in total. The molecular weight excluding hydrogens is 244 g/mol. The Labute approximate surface area is 112 Å². The van der Waals surface area contributed by atoms with Crippen molar-refractivity contribution in [3.63, 3.8) is 0 Å². The van der Waals surface area contributed by atoms with E-state index in [9.17, 15) is 0 Å². The number of rotatable bonds is 5. The second-order valence-corrected chi connectivity index (χ2v) is 11.0. The number of unbranched alkanes of at least 4 members (excludes halogenated alkanes) is 2. The monoisotopic (exact) mass is 266 g/mol. The van der Waals surface area contributed by atoms with Crippen LogP contribution in [0.3, 0.4) is 0 Å². The number of benzene rings is 1. The second kappa shape index (κ2) is 6.41. The van der Waals surface area contributed by atoms with Crippen LogP contribution in [0.2, 0.25) is 24.7 Å². The largest absolute Gasteiger partial charge is 0.0847 e. The van der Waals surface area contributed by atoms with Crippen molar-refractivity contribution < 1.29 is 0 Å². The van der Waals surface area contributed by atoms with Gasteiger partial charge >= 0.3 is 0 Å². The molecule has 0 aromatic heterocycles. The van der Waals surface area contributed by atoms with Gasteiger partial charge in [0.1, 0.15) is 0 Å². The summed E-state index contributed by atoms with van der Waals surface area (Å²) in [6, 6.07) is 8.28. The summed E-state index contributed by atoms with van der Waals surface area (Å²) in [5.74, 6) is 0. The Morgan fingerprint density at radius 2 is 1.76 bits per heavy atom. The maximum absolute atomic E-state index is 5.95. The third-order valence-electron chi connectivity index (χ3n) is 2.87. The Morgan fingerprint density at radius 1 is 1.18 bits per heavy atom. The molecule has 0 aliphatic heterocycles. The minimum absolute atomic E-state index is 0.817. The number of hydrogen-bond acceptors (Lipinski definition) is 0. The van der Waals surface area contributed by atoms with Gasteiger partial charge in [0.05, 0.1) is 8.07 Å². The van der Waals surface area contributed by atoms with Gasteiger partial charge in [-0.25, -0.2) is 0 Å². The van der Waals surface area contributed by atoms with E-state index >= 15 is 0 Å². The van der Waals surface area contributed by atoms with Gasteiger partial charge in [-0.2, -0.15) is 0 Å². The minimum atomic E-state index is -1.28. The summed E-state index contributed by atoms with van der Waals surface area (Å²) in [5, 5.41) is 2.37. The lowest BCUT2D eigenvalue weighted by molar-refractivity contribution is 0.816. The molecule has 0 bridgehead atoms. The quantitative estimate of drug-likeness (QED) is 0.467. The molecular formula is C15H23ClSi. The van der Waals surface area contributed by atoms with Crippen molar-refractivity contribution in [3.8, 4) is 0 Å². The molecule has 17 heavy (non-hydrogen) atoms. The van der Waals surface area contributed by atoms with Crippen molar-refractivity contribution in [2.75, 3.05) is 0 Å². The van der Waals surface area contributed by atoms with Crippen molar-refractivity contribution in [1.82, 2.24) is 0 Å². The predicted molar refractivity (Wildman–Crippen MR) is 82.3 cm³/mol. The molecule has 0 fully saturated rings. The molecule has 1 aromatic rings. The molecule has 1 rings (SSSR count). The van der Waals surface area contributed by atoms with Crippen LogP contribution in [0.15, 0.2) is 30.3 Å². The SMILES string of the molecule is CCCC/C=C(/c1ccc(Cl)cc1)[Si](C)(C)C. The Hall–Kier alpha value is -0.533. The summed E-state index contributed by atoms with van der Waals surface area (Å²) in [5.41, 5.74) is 1.35. The van der Waals surface area contributed by atoms with Crippen LogP contribution in [0.1, 0.15) is 31.7 Å². The van der Waals surface area contributed by atoms with Crippen LogP contribution in [-0.4, -0.2) is 8.07 Å². The van der Waals surface area contributed by atoms with E-state index in [0.717, 1.165) is 5.02 Å². The Bertz CT molecular complexity index is 371. The fourth-order valence-corrected chi connectivity index (χ4v) is 3.85. The fraction of sp³-hybridized carbons (Fsp3) is 0.467. The molecule has 0 spiro atoms. The van der Waals surface area contributed by atoms with Crippen LogP contribution in [0.25, 0.3) is 5.20 Å². The lowest BCUT2D eigenvalue weighted by atomic mass is 10.1. The minimum Gasteiger partial charge on any atom is -0.0847 e. The summed E-state index contributed by atoms with van der Waals surface area (Å²) in [4.78, 5) is 0. The summed E-state index contributed by atoms with van der Waals surface area (Å²) in [6.07, 6.45) is 6.18.